The molecule has 0 bridgehead atoms. The number of hydrogen-bond donors (Lipinski definition) is 0. The van der Waals surface area contributed by atoms with Gasteiger partial charge >= 0.3 is 6.61 Å². The first-order valence-corrected chi connectivity index (χ1v) is 13.3. The lowest BCUT2D eigenvalue weighted by atomic mass is 10.2. The van der Waals surface area contributed by atoms with Crippen molar-refractivity contribution in [3.63, 3.8) is 0 Å². The van der Waals surface area contributed by atoms with Gasteiger partial charge in [-0.25, -0.2) is 4.98 Å². The number of alkyl halides is 2. The molecule has 194 valence electrons. The number of halogens is 3. The van der Waals surface area contributed by atoms with Gasteiger partial charge in [0.25, 0.3) is 0 Å². The summed E-state index contributed by atoms with van der Waals surface area (Å²) in [6.07, 6.45) is 0. The molecule has 9 heteroatoms. The molecule has 0 saturated carbocycles. The van der Waals surface area contributed by atoms with Gasteiger partial charge in [0.05, 0.1) is 23.3 Å². The van der Waals surface area contributed by atoms with Crippen molar-refractivity contribution < 1.29 is 18.3 Å². The molecule has 0 aliphatic heterocycles. The zero-order chi connectivity index (χ0) is 26.8. The van der Waals surface area contributed by atoms with Crippen LogP contribution in [0.15, 0.2) is 84.0 Å². The summed E-state index contributed by atoms with van der Waals surface area (Å²) in [6.45, 7) is 1.52. The van der Waals surface area contributed by atoms with E-state index >= 15 is 0 Å². The van der Waals surface area contributed by atoms with Gasteiger partial charge in [-0.2, -0.15) is 8.78 Å². The molecule has 0 atom stereocenters. The lowest BCUT2D eigenvalue weighted by Crippen LogP contribution is -2.07. The van der Waals surface area contributed by atoms with Gasteiger partial charge in [-0.1, -0.05) is 53.7 Å². The highest BCUT2D eigenvalue weighted by Gasteiger charge is 2.19. The smallest absolute Gasteiger partial charge is 0.387 e. The van der Waals surface area contributed by atoms with Crippen LogP contribution in [-0.4, -0.2) is 32.3 Å². The number of carbonyl (C=O) groups is 1. The number of carbonyl (C=O) groups excluding carboxylic acids is 1. The highest BCUT2D eigenvalue weighted by Crippen LogP contribution is 2.29. The second kappa shape index (κ2) is 11.0. The van der Waals surface area contributed by atoms with E-state index in [1.54, 1.807) is 12.1 Å². The first kappa shape index (κ1) is 26.0. The molecule has 0 fully saturated rings. The van der Waals surface area contributed by atoms with E-state index in [1.165, 1.54) is 23.9 Å². The fourth-order valence-electron chi connectivity index (χ4n) is 4.54. The number of benzene rings is 3. The molecule has 3 aromatic carbocycles. The van der Waals surface area contributed by atoms with Gasteiger partial charge in [0.15, 0.2) is 10.9 Å². The van der Waals surface area contributed by atoms with Gasteiger partial charge in [0.1, 0.15) is 5.75 Å². The number of imidazole rings is 1. The molecule has 5 rings (SSSR count). The highest BCUT2D eigenvalue weighted by molar-refractivity contribution is 7.99. The van der Waals surface area contributed by atoms with Crippen LogP contribution in [0.2, 0.25) is 5.02 Å². The first-order valence-electron chi connectivity index (χ1n) is 11.9. The zero-order valence-corrected chi connectivity index (χ0v) is 22.3. The largest absolute Gasteiger partial charge is 0.435 e. The molecule has 0 unspecified atom stereocenters. The third kappa shape index (κ3) is 5.47. The molecule has 0 amide bonds. The van der Waals surface area contributed by atoms with Crippen LogP contribution in [0, 0.1) is 13.8 Å². The summed E-state index contributed by atoms with van der Waals surface area (Å²) in [4.78, 5) is 18.1. The summed E-state index contributed by atoms with van der Waals surface area (Å²) in [5.74, 6) is 0.263. The number of Topliss-reactive ketones (excluding diaryl/α,β-unsaturated/α-hetero) is 1. The summed E-state index contributed by atoms with van der Waals surface area (Å²) >= 11 is 7.60. The standard InChI is InChI=1S/C29H24ClF2N3O2S/c1-18-14-24(19(2)35(18)22-9-11-23(12-10-22)37-28(31)32)27(36)17-38-29-33-25-15-21(30)8-13-26(25)34(29)16-20-6-4-3-5-7-20/h3-15,28H,16-17H2,1-2H3. The topological polar surface area (TPSA) is 49.0 Å². The number of hydrogen-bond acceptors (Lipinski definition) is 4. The molecule has 38 heavy (non-hydrogen) atoms. The Hall–Kier alpha value is -3.62. The van der Waals surface area contributed by atoms with Crippen LogP contribution in [0.25, 0.3) is 16.7 Å². The summed E-state index contributed by atoms with van der Waals surface area (Å²) in [7, 11) is 0. The van der Waals surface area contributed by atoms with E-state index in [2.05, 4.69) is 21.4 Å². The minimum Gasteiger partial charge on any atom is -0.435 e. The normalized spacial score (nSPS) is 11.4. The van der Waals surface area contributed by atoms with Crippen molar-refractivity contribution in [3.8, 4) is 11.4 Å². The Balaban J connectivity index is 1.39. The van der Waals surface area contributed by atoms with Crippen molar-refractivity contribution >= 4 is 40.2 Å². The molecular formula is C29H24ClF2N3O2S. The predicted octanol–water partition coefficient (Wildman–Crippen LogP) is 7.72. The van der Waals surface area contributed by atoms with Gasteiger partial charge in [-0.3, -0.25) is 4.79 Å². The number of ketones is 1. The van der Waals surface area contributed by atoms with Crippen LogP contribution in [0.3, 0.4) is 0 Å². The minimum atomic E-state index is -2.88. The summed E-state index contributed by atoms with van der Waals surface area (Å²) in [5, 5.41) is 1.35. The summed E-state index contributed by atoms with van der Waals surface area (Å²) in [6, 6.07) is 23.9. The third-order valence-electron chi connectivity index (χ3n) is 6.24. The van der Waals surface area contributed by atoms with E-state index in [1.807, 2.05) is 60.9 Å². The number of nitrogens with zero attached hydrogens (tertiary/aromatic N) is 3. The molecule has 0 radical (unpaired) electrons. The molecule has 0 aliphatic rings. The third-order valence-corrected chi connectivity index (χ3v) is 7.45. The second-order valence-electron chi connectivity index (χ2n) is 8.80. The molecule has 2 heterocycles. The van der Waals surface area contributed by atoms with Crippen molar-refractivity contribution in [1.82, 2.24) is 14.1 Å². The second-order valence-corrected chi connectivity index (χ2v) is 10.2. The molecule has 0 N–H and O–H groups in total. The number of ether oxygens (including phenoxy) is 1. The number of aromatic nitrogens is 3. The fraction of sp³-hybridized carbons (Fsp3) is 0.172. The average Bonchev–Trinajstić information content (AvgIpc) is 3.38. The van der Waals surface area contributed by atoms with Crippen molar-refractivity contribution in [2.75, 3.05) is 5.75 Å². The summed E-state index contributed by atoms with van der Waals surface area (Å²) < 4.78 is 33.5. The van der Waals surface area contributed by atoms with Crippen LogP contribution in [0.5, 0.6) is 5.75 Å². The fourth-order valence-corrected chi connectivity index (χ4v) is 5.60. The van der Waals surface area contributed by atoms with E-state index in [9.17, 15) is 13.6 Å². The van der Waals surface area contributed by atoms with Crippen molar-refractivity contribution in [3.05, 3.63) is 106 Å². The van der Waals surface area contributed by atoms with Gasteiger partial charge in [0, 0.05) is 27.7 Å². The number of aryl methyl sites for hydroxylation is 1. The van der Waals surface area contributed by atoms with Crippen LogP contribution in [-0.2, 0) is 6.54 Å². The molecule has 2 aromatic heterocycles. The van der Waals surface area contributed by atoms with Crippen LogP contribution in [0.1, 0.15) is 27.3 Å². The van der Waals surface area contributed by atoms with Crippen molar-refractivity contribution in [2.24, 2.45) is 0 Å². The first-order chi connectivity index (χ1) is 18.3. The number of rotatable bonds is 9. The zero-order valence-electron chi connectivity index (χ0n) is 20.7. The van der Waals surface area contributed by atoms with Gasteiger partial charge < -0.3 is 13.9 Å². The Morgan fingerprint density at radius 2 is 1.76 bits per heavy atom. The Morgan fingerprint density at radius 3 is 2.47 bits per heavy atom. The Labute approximate surface area is 228 Å². The maximum atomic E-state index is 13.4. The number of fused-ring (bicyclic) bond motifs is 1. The molecule has 0 spiro atoms. The average molecular weight is 552 g/mol. The van der Waals surface area contributed by atoms with E-state index < -0.39 is 6.61 Å². The van der Waals surface area contributed by atoms with Crippen molar-refractivity contribution in [1.29, 1.82) is 0 Å². The Morgan fingerprint density at radius 1 is 1.03 bits per heavy atom. The minimum absolute atomic E-state index is 0.0247. The van der Waals surface area contributed by atoms with Crippen LogP contribution in [0.4, 0.5) is 8.78 Å². The lowest BCUT2D eigenvalue weighted by Gasteiger charge is -2.11. The van der Waals surface area contributed by atoms with Gasteiger partial charge in [-0.15, -0.1) is 0 Å². The monoisotopic (exact) mass is 551 g/mol. The number of thioether (sulfide) groups is 1. The predicted molar refractivity (Wildman–Crippen MR) is 147 cm³/mol. The van der Waals surface area contributed by atoms with Crippen LogP contribution < -0.4 is 4.74 Å². The maximum Gasteiger partial charge on any atom is 0.387 e. The molecule has 5 nitrogen and oxygen atoms in total. The molecule has 5 aromatic rings. The van der Waals surface area contributed by atoms with E-state index in [-0.39, 0.29) is 17.3 Å². The van der Waals surface area contributed by atoms with E-state index in [0.29, 0.717) is 17.1 Å². The summed E-state index contributed by atoms with van der Waals surface area (Å²) in [5.41, 5.74) is 5.87. The Bertz CT molecular complexity index is 1600. The quantitative estimate of drug-likeness (QED) is 0.139. The van der Waals surface area contributed by atoms with Gasteiger partial charge in [-0.05, 0) is 67.9 Å². The highest BCUT2D eigenvalue weighted by atomic mass is 35.5. The van der Waals surface area contributed by atoms with Crippen molar-refractivity contribution in [2.45, 2.75) is 32.2 Å². The SMILES string of the molecule is Cc1cc(C(=O)CSc2nc3cc(Cl)ccc3n2Cc2ccccc2)c(C)n1-c1ccc(OC(F)F)cc1. The Kier molecular flexibility index (Phi) is 7.53. The molecule has 0 aliphatic carbocycles. The lowest BCUT2D eigenvalue weighted by molar-refractivity contribution is -0.0498. The van der Waals surface area contributed by atoms with E-state index in [0.717, 1.165) is 38.8 Å². The van der Waals surface area contributed by atoms with E-state index in [4.69, 9.17) is 16.6 Å². The van der Waals surface area contributed by atoms with Crippen LogP contribution >= 0.6 is 23.4 Å². The van der Waals surface area contributed by atoms with Gasteiger partial charge in [0.2, 0.25) is 0 Å². The molecular weight excluding hydrogens is 528 g/mol. The molecule has 0 saturated heterocycles. The maximum absolute atomic E-state index is 13.4.